The first-order valence-electron chi connectivity index (χ1n) is 9.06. The van der Waals surface area contributed by atoms with Crippen molar-refractivity contribution in [2.75, 3.05) is 11.5 Å². The van der Waals surface area contributed by atoms with Gasteiger partial charge in [0.15, 0.2) is 18.4 Å². The van der Waals surface area contributed by atoms with Crippen molar-refractivity contribution in [3.63, 3.8) is 0 Å². The molecule has 0 aromatic heterocycles. The SMILES string of the molecule is CC(=O)OC[C@@H](OC(C)=O)[C@H]1O[C@@H]2[C@@H](NC(=O)N2c2ccccc2)[C@H]1OC(C)=O. The number of amides is 2. The molecule has 2 heterocycles. The van der Waals surface area contributed by atoms with E-state index in [2.05, 4.69) is 5.32 Å². The molecule has 2 amide bonds. The van der Waals surface area contributed by atoms with Gasteiger partial charge in [0.25, 0.3) is 0 Å². The lowest BCUT2D eigenvalue weighted by atomic mass is 10.0. The summed E-state index contributed by atoms with van der Waals surface area (Å²) in [6, 6.07) is 7.72. The van der Waals surface area contributed by atoms with Crippen LogP contribution in [0.5, 0.6) is 0 Å². The summed E-state index contributed by atoms with van der Waals surface area (Å²) >= 11 is 0. The van der Waals surface area contributed by atoms with Gasteiger partial charge in [0.2, 0.25) is 0 Å². The largest absolute Gasteiger partial charge is 0.462 e. The fourth-order valence-corrected chi connectivity index (χ4v) is 3.48. The first kappa shape index (κ1) is 20.6. The summed E-state index contributed by atoms with van der Waals surface area (Å²) in [7, 11) is 0. The molecule has 0 bridgehead atoms. The van der Waals surface area contributed by atoms with Crippen LogP contribution in [0.1, 0.15) is 20.8 Å². The number of hydrogen-bond donors (Lipinski definition) is 1. The van der Waals surface area contributed by atoms with Crippen LogP contribution in [0.3, 0.4) is 0 Å². The zero-order valence-corrected chi connectivity index (χ0v) is 16.2. The van der Waals surface area contributed by atoms with Crippen molar-refractivity contribution in [1.82, 2.24) is 5.32 Å². The van der Waals surface area contributed by atoms with E-state index >= 15 is 0 Å². The molecule has 1 aromatic rings. The summed E-state index contributed by atoms with van der Waals surface area (Å²) < 4.78 is 21.7. The molecule has 5 atom stereocenters. The number of nitrogens with zero attached hydrogens (tertiary/aromatic N) is 1. The zero-order chi connectivity index (χ0) is 21.1. The highest BCUT2D eigenvalue weighted by atomic mass is 16.6. The number of rotatable bonds is 6. The monoisotopic (exact) mass is 406 g/mol. The third kappa shape index (κ3) is 4.48. The molecule has 0 saturated carbocycles. The second kappa shape index (κ2) is 8.48. The predicted molar refractivity (Wildman–Crippen MR) is 97.6 cm³/mol. The summed E-state index contributed by atoms with van der Waals surface area (Å²) in [5.41, 5.74) is 0.587. The van der Waals surface area contributed by atoms with Crippen molar-refractivity contribution in [2.24, 2.45) is 0 Å². The average Bonchev–Trinajstić information content (AvgIpc) is 3.14. The molecular weight excluding hydrogens is 384 g/mol. The standard InChI is InChI=1S/C19H22N2O8/c1-10(22)26-9-14(27-11(2)23)16-17(28-12(3)24)15-18(29-16)21(19(25)20-15)13-7-5-4-6-8-13/h4-8,14-18H,9H2,1-3H3,(H,20,25)/t14-,15+,16-,17-,18-/m1/s1. The maximum atomic E-state index is 12.5. The molecular formula is C19H22N2O8. The zero-order valence-electron chi connectivity index (χ0n) is 16.2. The third-order valence-electron chi connectivity index (χ3n) is 4.52. The number of carbonyl (C=O) groups excluding carboxylic acids is 4. The van der Waals surface area contributed by atoms with Crippen LogP contribution in [0, 0.1) is 0 Å². The normalized spacial score (nSPS) is 26.3. The van der Waals surface area contributed by atoms with Crippen molar-refractivity contribution >= 4 is 29.6 Å². The van der Waals surface area contributed by atoms with Crippen LogP contribution in [-0.4, -0.2) is 61.1 Å². The summed E-state index contributed by atoms with van der Waals surface area (Å²) in [6.45, 7) is 3.37. The first-order chi connectivity index (χ1) is 13.8. The predicted octanol–water partition coefficient (Wildman–Crippen LogP) is 0.736. The van der Waals surface area contributed by atoms with Gasteiger partial charge in [-0.1, -0.05) is 18.2 Å². The number of ether oxygens (including phenoxy) is 4. The van der Waals surface area contributed by atoms with Gasteiger partial charge in [0, 0.05) is 26.5 Å². The minimum absolute atomic E-state index is 0.282. The minimum atomic E-state index is -1.03. The second-order valence-corrected chi connectivity index (χ2v) is 6.70. The van der Waals surface area contributed by atoms with Gasteiger partial charge < -0.3 is 24.3 Å². The lowest BCUT2D eigenvalue weighted by Crippen LogP contribution is -2.49. The number of fused-ring (bicyclic) bond motifs is 1. The Morgan fingerprint density at radius 3 is 2.38 bits per heavy atom. The maximum Gasteiger partial charge on any atom is 0.324 e. The van der Waals surface area contributed by atoms with Crippen molar-refractivity contribution in [1.29, 1.82) is 0 Å². The van der Waals surface area contributed by atoms with E-state index in [0.29, 0.717) is 5.69 Å². The van der Waals surface area contributed by atoms with Gasteiger partial charge in [-0.2, -0.15) is 0 Å². The Balaban J connectivity index is 1.90. The molecule has 3 rings (SSSR count). The molecule has 2 saturated heterocycles. The van der Waals surface area contributed by atoms with E-state index in [4.69, 9.17) is 18.9 Å². The van der Waals surface area contributed by atoms with E-state index in [9.17, 15) is 19.2 Å². The van der Waals surface area contributed by atoms with Crippen LogP contribution in [0.15, 0.2) is 30.3 Å². The topological polar surface area (TPSA) is 120 Å². The minimum Gasteiger partial charge on any atom is -0.462 e. The first-order valence-corrected chi connectivity index (χ1v) is 9.06. The molecule has 0 unspecified atom stereocenters. The molecule has 2 aliphatic rings. The molecule has 156 valence electrons. The van der Waals surface area contributed by atoms with E-state index in [1.165, 1.54) is 25.7 Å². The van der Waals surface area contributed by atoms with E-state index in [0.717, 1.165) is 0 Å². The number of anilines is 1. The summed E-state index contributed by atoms with van der Waals surface area (Å²) in [6.07, 6.45) is -3.74. The Morgan fingerprint density at radius 2 is 1.79 bits per heavy atom. The van der Waals surface area contributed by atoms with Crippen LogP contribution in [0.25, 0.3) is 0 Å². The molecule has 1 aromatic carbocycles. The molecule has 10 nitrogen and oxygen atoms in total. The van der Waals surface area contributed by atoms with Crippen molar-refractivity contribution in [2.45, 2.75) is 51.4 Å². The quantitative estimate of drug-likeness (QED) is 0.542. The number of urea groups is 1. The van der Waals surface area contributed by atoms with Gasteiger partial charge in [-0.25, -0.2) is 4.79 Å². The Morgan fingerprint density at radius 1 is 1.10 bits per heavy atom. The van der Waals surface area contributed by atoms with Gasteiger partial charge in [0.05, 0.1) is 0 Å². The molecule has 29 heavy (non-hydrogen) atoms. The molecule has 10 heteroatoms. The maximum absolute atomic E-state index is 12.5. The average molecular weight is 406 g/mol. The number of benzene rings is 1. The van der Waals surface area contributed by atoms with Crippen LogP contribution in [-0.2, 0) is 33.3 Å². The fraction of sp³-hybridized carbons (Fsp3) is 0.474. The van der Waals surface area contributed by atoms with Gasteiger partial charge in [0.1, 0.15) is 18.8 Å². The van der Waals surface area contributed by atoms with Crippen molar-refractivity contribution in [3.8, 4) is 0 Å². The molecule has 0 aliphatic carbocycles. The summed E-state index contributed by atoms with van der Waals surface area (Å²) in [5.74, 6) is -1.78. The Hall–Kier alpha value is -3.14. The number of nitrogens with one attached hydrogen (secondary N) is 1. The molecule has 2 aliphatic heterocycles. The highest BCUT2D eigenvalue weighted by Gasteiger charge is 2.58. The van der Waals surface area contributed by atoms with Crippen molar-refractivity contribution in [3.05, 3.63) is 30.3 Å². The van der Waals surface area contributed by atoms with Gasteiger partial charge >= 0.3 is 23.9 Å². The van der Waals surface area contributed by atoms with Crippen molar-refractivity contribution < 1.29 is 38.1 Å². The van der Waals surface area contributed by atoms with E-state index < -0.39 is 54.5 Å². The van der Waals surface area contributed by atoms with E-state index in [-0.39, 0.29) is 6.61 Å². The summed E-state index contributed by atoms with van der Waals surface area (Å²) in [4.78, 5) is 48.4. The van der Waals surface area contributed by atoms with Crippen LogP contribution in [0.4, 0.5) is 10.5 Å². The molecule has 0 spiro atoms. The highest BCUT2D eigenvalue weighted by Crippen LogP contribution is 2.36. The third-order valence-corrected chi connectivity index (χ3v) is 4.52. The molecule has 2 fully saturated rings. The smallest absolute Gasteiger partial charge is 0.324 e. The van der Waals surface area contributed by atoms with Crippen LogP contribution < -0.4 is 10.2 Å². The number of carbonyl (C=O) groups is 4. The van der Waals surface area contributed by atoms with Crippen LogP contribution >= 0.6 is 0 Å². The van der Waals surface area contributed by atoms with Crippen LogP contribution in [0.2, 0.25) is 0 Å². The lowest BCUT2D eigenvalue weighted by Gasteiger charge is -2.28. The Bertz CT molecular complexity index is 799. The fourth-order valence-electron chi connectivity index (χ4n) is 3.48. The molecule has 0 radical (unpaired) electrons. The van der Waals surface area contributed by atoms with Gasteiger partial charge in [-0.3, -0.25) is 19.3 Å². The Labute approximate surface area is 167 Å². The van der Waals surface area contributed by atoms with Gasteiger partial charge in [-0.15, -0.1) is 0 Å². The Kier molecular flexibility index (Phi) is 6.02. The highest BCUT2D eigenvalue weighted by molar-refractivity contribution is 5.95. The summed E-state index contributed by atoms with van der Waals surface area (Å²) in [5, 5.41) is 2.76. The lowest BCUT2D eigenvalue weighted by molar-refractivity contribution is -0.174. The number of esters is 3. The molecule has 1 N–H and O–H groups in total. The number of hydrogen-bond acceptors (Lipinski definition) is 8. The van der Waals surface area contributed by atoms with Gasteiger partial charge in [-0.05, 0) is 12.1 Å². The van der Waals surface area contributed by atoms with E-state index in [1.807, 2.05) is 6.07 Å². The van der Waals surface area contributed by atoms with E-state index in [1.54, 1.807) is 24.3 Å². The second-order valence-electron chi connectivity index (χ2n) is 6.70. The number of para-hydroxylation sites is 1.